The highest BCUT2D eigenvalue weighted by atomic mass is 15.1. The highest BCUT2D eigenvalue weighted by Crippen LogP contribution is 2.46. The molecule has 3 heteroatoms. The highest BCUT2D eigenvalue weighted by molar-refractivity contribution is 5.44. The van der Waals surface area contributed by atoms with Gasteiger partial charge in [-0.15, -0.1) is 0 Å². The van der Waals surface area contributed by atoms with E-state index in [9.17, 15) is 0 Å². The summed E-state index contributed by atoms with van der Waals surface area (Å²) in [5.74, 6) is 0.805. The van der Waals surface area contributed by atoms with Crippen molar-refractivity contribution in [3.05, 3.63) is 23.9 Å². The third kappa shape index (κ3) is 1.69. The van der Waals surface area contributed by atoms with Gasteiger partial charge in [-0.05, 0) is 24.0 Å². The van der Waals surface area contributed by atoms with Crippen molar-refractivity contribution in [2.24, 2.45) is 5.41 Å². The molecule has 72 valence electrons. The van der Waals surface area contributed by atoms with Crippen LogP contribution in [0.3, 0.4) is 0 Å². The summed E-state index contributed by atoms with van der Waals surface area (Å²) in [5, 5.41) is 12.0. The van der Waals surface area contributed by atoms with Crippen LogP contribution in [0.1, 0.15) is 25.8 Å². The van der Waals surface area contributed by atoms with Crippen LogP contribution in [0.15, 0.2) is 18.3 Å². The zero-order valence-electron chi connectivity index (χ0n) is 8.41. The SMILES string of the molecule is CC1(C)CC1Nc1cc(C#N)ccn1. The van der Waals surface area contributed by atoms with Crippen LogP contribution in [0, 0.1) is 16.7 Å². The number of aromatic nitrogens is 1. The Morgan fingerprint density at radius 3 is 2.93 bits per heavy atom. The molecule has 0 aromatic carbocycles. The van der Waals surface area contributed by atoms with Gasteiger partial charge in [-0.1, -0.05) is 13.8 Å². The third-order valence-corrected chi connectivity index (χ3v) is 2.72. The van der Waals surface area contributed by atoms with Gasteiger partial charge in [0.05, 0.1) is 11.6 Å². The lowest BCUT2D eigenvalue weighted by molar-refractivity contribution is 0.630. The predicted octanol–water partition coefficient (Wildman–Crippen LogP) is 2.16. The van der Waals surface area contributed by atoms with Crippen LogP contribution in [0.2, 0.25) is 0 Å². The Hall–Kier alpha value is -1.56. The lowest BCUT2D eigenvalue weighted by Gasteiger charge is -2.06. The molecule has 1 atom stereocenters. The molecule has 2 rings (SSSR count). The first-order valence-electron chi connectivity index (χ1n) is 4.74. The maximum Gasteiger partial charge on any atom is 0.127 e. The van der Waals surface area contributed by atoms with Crippen molar-refractivity contribution in [1.29, 1.82) is 5.26 Å². The lowest BCUT2D eigenvalue weighted by atomic mass is 10.2. The van der Waals surface area contributed by atoms with E-state index in [1.165, 1.54) is 6.42 Å². The van der Waals surface area contributed by atoms with E-state index >= 15 is 0 Å². The molecule has 1 saturated carbocycles. The number of nitrogens with zero attached hydrogens (tertiary/aromatic N) is 2. The van der Waals surface area contributed by atoms with Gasteiger partial charge in [-0.25, -0.2) is 4.98 Å². The monoisotopic (exact) mass is 187 g/mol. The number of nitrogens with one attached hydrogen (secondary N) is 1. The van der Waals surface area contributed by atoms with Gasteiger partial charge < -0.3 is 5.32 Å². The number of hydrogen-bond acceptors (Lipinski definition) is 3. The fraction of sp³-hybridized carbons (Fsp3) is 0.455. The summed E-state index contributed by atoms with van der Waals surface area (Å²) in [6.45, 7) is 4.44. The quantitative estimate of drug-likeness (QED) is 0.771. The molecule has 0 saturated heterocycles. The molecule has 1 aliphatic rings. The number of rotatable bonds is 2. The molecule has 14 heavy (non-hydrogen) atoms. The van der Waals surface area contributed by atoms with Crippen molar-refractivity contribution in [2.75, 3.05) is 5.32 Å². The molecule has 0 aliphatic heterocycles. The maximum atomic E-state index is 8.71. The van der Waals surface area contributed by atoms with E-state index in [1.54, 1.807) is 18.3 Å². The molecule has 1 aromatic rings. The second-order valence-electron chi connectivity index (χ2n) is 4.43. The van der Waals surface area contributed by atoms with E-state index in [0.717, 1.165) is 5.82 Å². The summed E-state index contributed by atoms with van der Waals surface area (Å²) in [7, 11) is 0. The Balaban J connectivity index is 2.08. The molecule has 0 amide bonds. The van der Waals surface area contributed by atoms with Gasteiger partial charge in [0.25, 0.3) is 0 Å². The Labute approximate surface area is 83.8 Å². The van der Waals surface area contributed by atoms with Gasteiger partial charge in [0.1, 0.15) is 5.82 Å². The molecule has 1 unspecified atom stereocenters. The minimum absolute atomic E-state index is 0.379. The van der Waals surface area contributed by atoms with Gasteiger partial charge >= 0.3 is 0 Å². The van der Waals surface area contributed by atoms with Crippen LogP contribution in [0.5, 0.6) is 0 Å². The fourth-order valence-electron chi connectivity index (χ4n) is 1.47. The molecule has 0 spiro atoms. The largest absolute Gasteiger partial charge is 0.367 e. The molecule has 3 nitrogen and oxygen atoms in total. The summed E-state index contributed by atoms with van der Waals surface area (Å²) in [5.41, 5.74) is 1.03. The normalized spacial score (nSPS) is 22.5. The molecular weight excluding hydrogens is 174 g/mol. The summed E-state index contributed by atoms with van der Waals surface area (Å²) >= 11 is 0. The summed E-state index contributed by atoms with van der Waals surface area (Å²) < 4.78 is 0. The lowest BCUT2D eigenvalue weighted by Crippen LogP contribution is -2.09. The Kier molecular flexibility index (Phi) is 1.92. The van der Waals surface area contributed by atoms with Gasteiger partial charge in [0.15, 0.2) is 0 Å². The topological polar surface area (TPSA) is 48.7 Å². The summed E-state index contributed by atoms with van der Waals surface area (Å²) in [6.07, 6.45) is 2.84. The van der Waals surface area contributed by atoms with E-state index in [2.05, 4.69) is 30.2 Å². The standard InChI is InChI=1S/C11H13N3/c1-11(2)6-9(11)14-10-5-8(7-12)3-4-13-10/h3-5,9H,6H2,1-2H3,(H,13,14). The zero-order valence-corrected chi connectivity index (χ0v) is 8.41. The second-order valence-corrected chi connectivity index (χ2v) is 4.43. The number of hydrogen-bond donors (Lipinski definition) is 1. The number of pyridine rings is 1. The Morgan fingerprint density at radius 1 is 1.64 bits per heavy atom. The second kappa shape index (κ2) is 2.98. The van der Waals surface area contributed by atoms with E-state index in [0.29, 0.717) is 17.0 Å². The number of anilines is 1. The van der Waals surface area contributed by atoms with Gasteiger partial charge in [0.2, 0.25) is 0 Å². The predicted molar refractivity (Wildman–Crippen MR) is 54.8 cm³/mol. The van der Waals surface area contributed by atoms with Crippen LogP contribution in [0.25, 0.3) is 0 Å². The van der Waals surface area contributed by atoms with Gasteiger partial charge in [-0.2, -0.15) is 5.26 Å². The third-order valence-electron chi connectivity index (χ3n) is 2.72. The van der Waals surface area contributed by atoms with Gasteiger partial charge in [0, 0.05) is 12.2 Å². The minimum Gasteiger partial charge on any atom is -0.367 e. The maximum absolute atomic E-state index is 8.71. The van der Waals surface area contributed by atoms with Crippen LogP contribution in [0.4, 0.5) is 5.82 Å². The van der Waals surface area contributed by atoms with Crippen molar-refractivity contribution in [3.8, 4) is 6.07 Å². The van der Waals surface area contributed by atoms with Crippen molar-refractivity contribution < 1.29 is 0 Å². The highest BCUT2D eigenvalue weighted by Gasteiger charge is 2.45. The van der Waals surface area contributed by atoms with E-state index in [4.69, 9.17) is 5.26 Å². The summed E-state index contributed by atoms with van der Waals surface area (Å²) in [6, 6.07) is 6.10. The minimum atomic E-state index is 0.379. The molecule has 1 fully saturated rings. The van der Waals surface area contributed by atoms with Crippen molar-refractivity contribution >= 4 is 5.82 Å². The van der Waals surface area contributed by atoms with Gasteiger partial charge in [-0.3, -0.25) is 0 Å². The average molecular weight is 187 g/mol. The van der Waals surface area contributed by atoms with Crippen LogP contribution in [-0.2, 0) is 0 Å². The molecule has 1 heterocycles. The molecular formula is C11H13N3. The van der Waals surface area contributed by atoms with Crippen LogP contribution < -0.4 is 5.32 Å². The van der Waals surface area contributed by atoms with Crippen LogP contribution in [-0.4, -0.2) is 11.0 Å². The van der Waals surface area contributed by atoms with Crippen molar-refractivity contribution in [2.45, 2.75) is 26.3 Å². The Morgan fingerprint density at radius 2 is 2.36 bits per heavy atom. The zero-order chi connectivity index (χ0) is 10.2. The van der Waals surface area contributed by atoms with E-state index in [-0.39, 0.29) is 0 Å². The smallest absolute Gasteiger partial charge is 0.127 e. The van der Waals surface area contributed by atoms with Crippen molar-refractivity contribution in [1.82, 2.24) is 4.98 Å². The Bertz CT molecular complexity index is 390. The van der Waals surface area contributed by atoms with E-state index in [1.807, 2.05) is 0 Å². The van der Waals surface area contributed by atoms with E-state index < -0.39 is 0 Å². The fourth-order valence-corrected chi connectivity index (χ4v) is 1.47. The average Bonchev–Trinajstić information content (AvgIpc) is 2.74. The summed E-state index contributed by atoms with van der Waals surface area (Å²) in [4.78, 5) is 4.17. The first-order chi connectivity index (χ1) is 6.62. The van der Waals surface area contributed by atoms with Crippen LogP contribution >= 0.6 is 0 Å². The molecule has 1 N–H and O–H groups in total. The van der Waals surface area contributed by atoms with Crippen molar-refractivity contribution in [3.63, 3.8) is 0 Å². The molecule has 0 bridgehead atoms. The molecule has 1 aliphatic carbocycles. The molecule has 0 radical (unpaired) electrons. The molecule has 1 aromatic heterocycles. The first kappa shape index (κ1) is 9.01. The first-order valence-corrected chi connectivity index (χ1v) is 4.74. The number of nitriles is 1.